The minimum absolute atomic E-state index is 0.0680. The summed E-state index contributed by atoms with van der Waals surface area (Å²) in [6.45, 7) is 1.47. The molecule has 0 saturated heterocycles. The second-order valence-electron chi connectivity index (χ2n) is 3.59. The van der Waals surface area contributed by atoms with Crippen molar-refractivity contribution in [2.75, 3.05) is 0 Å². The van der Waals surface area contributed by atoms with Crippen LogP contribution < -0.4 is 0 Å². The van der Waals surface area contributed by atoms with Gasteiger partial charge in [0.1, 0.15) is 17.3 Å². The van der Waals surface area contributed by atoms with Crippen LogP contribution in [-0.4, -0.2) is 15.8 Å². The molecule has 1 N–H and O–H groups in total. The maximum absolute atomic E-state index is 12.7. The molecule has 1 heterocycles. The molecule has 0 aliphatic carbocycles. The molecule has 0 spiro atoms. The predicted octanol–water partition coefficient (Wildman–Crippen LogP) is 2.34. The van der Waals surface area contributed by atoms with E-state index in [1.165, 1.54) is 19.1 Å². The van der Waals surface area contributed by atoms with Gasteiger partial charge in [-0.25, -0.2) is 9.37 Å². The number of carbonyl (C=O) groups is 1. The number of rotatable bonds is 3. The van der Waals surface area contributed by atoms with Gasteiger partial charge in [-0.2, -0.15) is 0 Å². The molecule has 0 radical (unpaired) electrons. The quantitative estimate of drug-likeness (QED) is 0.804. The van der Waals surface area contributed by atoms with Gasteiger partial charge in [0.15, 0.2) is 5.78 Å². The van der Waals surface area contributed by atoms with Crippen molar-refractivity contribution in [2.45, 2.75) is 13.3 Å². The van der Waals surface area contributed by atoms with Crippen molar-refractivity contribution in [3.63, 3.8) is 0 Å². The van der Waals surface area contributed by atoms with Gasteiger partial charge in [0.05, 0.1) is 0 Å². The van der Waals surface area contributed by atoms with Crippen LogP contribution >= 0.6 is 0 Å². The third-order valence-corrected chi connectivity index (χ3v) is 2.28. The minimum Gasteiger partial charge on any atom is -0.348 e. The van der Waals surface area contributed by atoms with Crippen LogP contribution in [0.15, 0.2) is 30.5 Å². The SMILES string of the molecule is CC(=O)c1c[nH]c(Cc2ccc(F)cc2)n1. The van der Waals surface area contributed by atoms with E-state index in [-0.39, 0.29) is 11.6 Å². The fraction of sp³-hybridized carbons (Fsp3) is 0.167. The average molecular weight is 218 g/mol. The van der Waals surface area contributed by atoms with Crippen molar-refractivity contribution in [3.8, 4) is 0 Å². The number of hydrogen-bond donors (Lipinski definition) is 1. The second kappa shape index (κ2) is 4.26. The monoisotopic (exact) mass is 218 g/mol. The molecule has 0 aliphatic heterocycles. The zero-order valence-electron chi connectivity index (χ0n) is 8.83. The molecule has 3 nitrogen and oxygen atoms in total. The highest BCUT2D eigenvalue weighted by Crippen LogP contribution is 2.08. The Morgan fingerprint density at radius 2 is 2.06 bits per heavy atom. The van der Waals surface area contributed by atoms with Crippen LogP contribution in [0.2, 0.25) is 0 Å². The summed E-state index contributed by atoms with van der Waals surface area (Å²) in [6, 6.07) is 6.21. The molecule has 2 aromatic rings. The molecule has 16 heavy (non-hydrogen) atoms. The lowest BCUT2D eigenvalue weighted by molar-refractivity contribution is 0.101. The van der Waals surface area contributed by atoms with Crippen molar-refractivity contribution in [1.29, 1.82) is 0 Å². The van der Waals surface area contributed by atoms with Gasteiger partial charge in [0.2, 0.25) is 0 Å². The lowest BCUT2D eigenvalue weighted by atomic mass is 10.1. The smallest absolute Gasteiger partial charge is 0.179 e. The summed E-state index contributed by atoms with van der Waals surface area (Å²) in [5.41, 5.74) is 1.38. The first kappa shape index (κ1) is 10.5. The Labute approximate surface area is 92.3 Å². The van der Waals surface area contributed by atoms with Gasteiger partial charge >= 0.3 is 0 Å². The molecular formula is C12H11FN2O. The number of carbonyl (C=O) groups excluding carboxylic acids is 1. The summed E-state index contributed by atoms with van der Waals surface area (Å²) in [6.07, 6.45) is 2.15. The molecule has 0 amide bonds. The summed E-state index contributed by atoms with van der Waals surface area (Å²) in [5, 5.41) is 0. The number of imidazole rings is 1. The Morgan fingerprint density at radius 1 is 1.38 bits per heavy atom. The van der Waals surface area contributed by atoms with Crippen LogP contribution in [-0.2, 0) is 6.42 Å². The van der Waals surface area contributed by atoms with E-state index in [0.717, 1.165) is 5.56 Å². The Hall–Kier alpha value is -1.97. The first-order chi connectivity index (χ1) is 7.65. The van der Waals surface area contributed by atoms with Crippen molar-refractivity contribution in [1.82, 2.24) is 9.97 Å². The third kappa shape index (κ3) is 2.34. The number of Topliss-reactive ketones (excluding diaryl/α,β-unsaturated/α-hetero) is 1. The molecule has 2 rings (SSSR count). The number of benzene rings is 1. The second-order valence-corrected chi connectivity index (χ2v) is 3.59. The summed E-state index contributed by atoms with van der Waals surface area (Å²) < 4.78 is 12.7. The van der Waals surface area contributed by atoms with Gasteiger partial charge in [-0.05, 0) is 17.7 Å². The zero-order valence-corrected chi connectivity index (χ0v) is 8.83. The number of ketones is 1. The molecule has 4 heteroatoms. The van der Waals surface area contributed by atoms with Crippen molar-refractivity contribution < 1.29 is 9.18 Å². The van der Waals surface area contributed by atoms with E-state index < -0.39 is 0 Å². The standard InChI is InChI=1S/C12H11FN2O/c1-8(16)11-7-14-12(15-11)6-9-2-4-10(13)5-3-9/h2-5,7H,6H2,1H3,(H,14,15). The average Bonchev–Trinajstić information content (AvgIpc) is 2.70. The lowest BCUT2D eigenvalue weighted by Gasteiger charge is -1.97. The summed E-state index contributed by atoms with van der Waals surface area (Å²) in [7, 11) is 0. The first-order valence-corrected chi connectivity index (χ1v) is 4.95. The highest BCUT2D eigenvalue weighted by molar-refractivity contribution is 5.91. The lowest BCUT2D eigenvalue weighted by Crippen LogP contribution is -1.94. The topological polar surface area (TPSA) is 45.8 Å². The number of halogens is 1. The zero-order chi connectivity index (χ0) is 11.5. The van der Waals surface area contributed by atoms with Gasteiger partial charge < -0.3 is 4.98 Å². The highest BCUT2D eigenvalue weighted by atomic mass is 19.1. The Morgan fingerprint density at radius 3 is 2.62 bits per heavy atom. The summed E-state index contributed by atoms with van der Waals surface area (Å²) >= 11 is 0. The molecule has 0 aliphatic rings. The molecular weight excluding hydrogens is 207 g/mol. The third-order valence-electron chi connectivity index (χ3n) is 2.28. The molecule has 0 atom stereocenters. The van der Waals surface area contributed by atoms with Crippen LogP contribution in [0.3, 0.4) is 0 Å². The van der Waals surface area contributed by atoms with Gasteiger partial charge in [0, 0.05) is 19.5 Å². The molecule has 0 fully saturated rings. The van der Waals surface area contributed by atoms with E-state index in [4.69, 9.17) is 0 Å². The molecule has 82 valence electrons. The molecule has 0 bridgehead atoms. The number of aromatic nitrogens is 2. The Bertz CT molecular complexity index is 502. The molecule has 1 aromatic heterocycles. The summed E-state index contributed by atoms with van der Waals surface area (Å²) in [4.78, 5) is 18.1. The first-order valence-electron chi connectivity index (χ1n) is 4.95. The van der Waals surface area contributed by atoms with E-state index in [2.05, 4.69) is 9.97 Å². The molecule has 0 unspecified atom stereocenters. The summed E-state index contributed by atoms with van der Waals surface area (Å²) in [5.74, 6) is 0.381. The number of hydrogen-bond acceptors (Lipinski definition) is 2. The van der Waals surface area contributed by atoms with Crippen molar-refractivity contribution in [3.05, 3.63) is 53.4 Å². The van der Waals surface area contributed by atoms with E-state index in [1.54, 1.807) is 18.3 Å². The van der Waals surface area contributed by atoms with Gasteiger partial charge in [0.25, 0.3) is 0 Å². The number of aromatic amines is 1. The van der Waals surface area contributed by atoms with E-state index in [0.29, 0.717) is 17.9 Å². The van der Waals surface area contributed by atoms with E-state index >= 15 is 0 Å². The highest BCUT2D eigenvalue weighted by Gasteiger charge is 2.05. The van der Waals surface area contributed by atoms with Gasteiger partial charge in [-0.3, -0.25) is 4.79 Å². The fourth-order valence-corrected chi connectivity index (χ4v) is 1.43. The van der Waals surface area contributed by atoms with Crippen LogP contribution in [0.1, 0.15) is 28.8 Å². The normalized spacial score (nSPS) is 10.4. The van der Waals surface area contributed by atoms with Crippen LogP contribution in [0.25, 0.3) is 0 Å². The maximum Gasteiger partial charge on any atom is 0.179 e. The Balaban J connectivity index is 2.14. The van der Waals surface area contributed by atoms with Crippen LogP contribution in [0, 0.1) is 5.82 Å². The van der Waals surface area contributed by atoms with Gasteiger partial charge in [-0.1, -0.05) is 12.1 Å². The maximum atomic E-state index is 12.7. The fourth-order valence-electron chi connectivity index (χ4n) is 1.43. The van der Waals surface area contributed by atoms with Crippen LogP contribution in [0.4, 0.5) is 4.39 Å². The van der Waals surface area contributed by atoms with Crippen LogP contribution in [0.5, 0.6) is 0 Å². The predicted molar refractivity (Wildman–Crippen MR) is 57.8 cm³/mol. The molecule has 1 aromatic carbocycles. The van der Waals surface area contributed by atoms with E-state index in [1.807, 2.05) is 0 Å². The van der Waals surface area contributed by atoms with Crippen molar-refractivity contribution in [2.24, 2.45) is 0 Å². The largest absolute Gasteiger partial charge is 0.348 e. The van der Waals surface area contributed by atoms with Crippen molar-refractivity contribution >= 4 is 5.78 Å². The number of H-pyrrole nitrogens is 1. The minimum atomic E-state index is -0.257. The van der Waals surface area contributed by atoms with Gasteiger partial charge in [-0.15, -0.1) is 0 Å². The Kier molecular flexibility index (Phi) is 2.81. The number of nitrogens with one attached hydrogen (secondary N) is 1. The molecule has 0 saturated carbocycles. The van der Waals surface area contributed by atoms with E-state index in [9.17, 15) is 9.18 Å². The number of nitrogens with zero attached hydrogens (tertiary/aromatic N) is 1.